The number of halogens is 3. The van der Waals surface area contributed by atoms with Crippen molar-refractivity contribution in [1.29, 1.82) is 0 Å². The zero-order chi connectivity index (χ0) is 19.3. The summed E-state index contributed by atoms with van der Waals surface area (Å²) in [6.07, 6.45) is -1.56. The molecule has 2 aromatic rings. The van der Waals surface area contributed by atoms with E-state index in [4.69, 9.17) is 0 Å². The molecule has 7 nitrogen and oxygen atoms in total. The maximum Gasteiger partial charge on any atom is 0.416 e. The second kappa shape index (κ2) is 6.26. The summed E-state index contributed by atoms with van der Waals surface area (Å²) in [5, 5.41) is 9.45. The molecule has 26 heavy (non-hydrogen) atoms. The van der Waals surface area contributed by atoms with Crippen LogP contribution < -0.4 is 11.2 Å². The molecular weight excluding hydrogens is 353 g/mol. The highest BCUT2D eigenvalue weighted by Gasteiger charge is 2.49. The zero-order valence-corrected chi connectivity index (χ0v) is 14.6. The highest BCUT2D eigenvalue weighted by molar-refractivity contribution is 5.70. The molecule has 2 aromatic heterocycles. The molecule has 0 spiro atoms. The van der Waals surface area contributed by atoms with Gasteiger partial charge >= 0.3 is 11.9 Å². The Morgan fingerprint density at radius 1 is 1.27 bits per heavy atom. The van der Waals surface area contributed by atoms with E-state index in [9.17, 15) is 27.9 Å². The molecule has 3 rings (SSSR count). The normalized spacial score (nSPS) is 17.6. The minimum atomic E-state index is -4.71. The second-order valence-corrected chi connectivity index (χ2v) is 7.08. The minimum Gasteiger partial charge on any atom is -0.381 e. The number of aryl methyl sites for hydroxylation is 1. The van der Waals surface area contributed by atoms with E-state index in [1.54, 1.807) is 10.9 Å². The first-order valence-corrected chi connectivity index (χ1v) is 8.50. The molecule has 1 atom stereocenters. The highest BCUT2D eigenvalue weighted by Crippen LogP contribution is 2.36. The molecule has 0 aliphatic heterocycles. The number of aliphatic hydroxyl groups is 1. The number of imidazole rings is 1. The first-order chi connectivity index (χ1) is 12.0. The van der Waals surface area contributed by atoms with Crippen LogP contribution in [0.1, 0.15) is 45.1 Å². The third kappa shape index (κ3) is 3.17. The van der Waals surface area contributed by atoms with Crippen molar-refractivity contribution in [2.45, 2.75) is 63.4 Å². The van der Waals surface area contributed by atoms with Crippen molar-refractivity contribution in [3.63, 3.8) is 0 Å². The van der Waals surface area contributed by atoms with Crippen molar-refractivity contribution in [3.05, 3.63) is 27.2 Å². The maximum absolute atomic E-state index is 12.7. The first kappa shape index (κ1) is 18.7. The molecule has 0 aromatic carbocycles. The van der Waals surface area contributed by atoms with Crippen molar-refractivity contribution >= 4 is 11.2 Å². The van der Waals surface area contributed by atoms with E-state index >= 15 is 0 Å². The lowest BCUT2D eigenvalue weighted by molar-refractivity contribution is -0.255. The number of nitrogens with zero attached hydrogens (tertiary/aromatic N) is 4. The van der Waals surface area contributed by atoms with Gasteiger partial charge in [0.15, 0.2) is 16.8 Å². The third-order valence-electron chi connectivity index (χ3n) is 4.90. The minimum absolute atomic E-state index is 0.00870. The lowest BCUT2D eigenvalue weighted by Crippen LogP contribution is -2.42. The SMILES string of the molecule is Cn1c(=O)n(CCCCC(C)(O)C(F)(F)F)c(=O)c2c1ncn2C1CC1. The molecule has 144 valence electrons. The van der Waals surface area contributed by atoms with Crippen molar-refractivity contribution in [3.8, 4) is 0 Å². The van der Waals surface area contributed by atoms with Crippen molar-refractivity contribution in [2.75, 3.05) is 0 Å². The van der Waals surface area contributed by atoms with Gasteiger partial charge in [-0.3, -0.25) is 13.9 Å². The zero-order valence-electron chi connectivity index (χ0n) is 14.6. The molecule has 10 heteroatoms. The van der Waals surface area contributed by atoms with Gasteiger partial charge in [-0.05, 0) is 39.0 Å². The summed E-state index contributed by atoms with van der Waals surface area (Å²) in [4.78, 5) is 29.3. The van der Waals surface area contributed by atoms with Crippen LogP contribution in [-0.4, -0.2) is 35.6 Å². The maximum atomic E-state index is 12.7. The summed E-state index contributed by atoms with van der Waals surface area (Å²) in [7, 11) is 1.51. The third-order valence-corrected chi connectivity index (χ3v) is 4.90. The van der Waals surface area contributed by atoms with Gasteiger partial charge in [-0.1, -0.05) is 0 Å². The van der Waals surface area contributed by atoms with Crippen molar-refractivity contribution in [2.24, 2.45) is 7.05 Å². The summed E-state index contributed by atoms with van der Waals surface area (Å²) >= 11 is 0. The van der Waals surface area contributed by atoms with E-state index in [1.807, 2.05) is 0 Å². The highest BCUT2D eigenvalue weighted by atomic mass is 19.4. The molecule has 0 saturated heterocycles. The largest absolute Gasteiger partial charge is 0.416 e. The van der Waals surface area contributed by atoms with Crippen LogP contribution >= 0.6 is 0 Å². The lowest BCUT2D eigenvalue weighted by Gasteiger charge is -2.26. The predicted molar refractivity (Wildman–Crippen MR) is 88.0 cm³/mol. The number of unbranched alkanes of at least 4 members (excludes halogenated alkanes) is 1. The lowest BCUT2D eigenvalue weighted by atomic mass is 9.98. The molecule has 1 unspecified atom stereocenters. The van der Waals surface area contributed by atoms with E-state index < -0.39 is 29.4 Å². The quantitative estimate of drug-likeness (QED) is 0.781. The van der Waals surface area contributed by atoms with Crippen LogP contribution in [0.15, 0.2) is 15.9 Å². The Morgan fingerprint density at radius 2 is 1.92 bits per heavy atom. The van der Waals surface area contributed by atoms with E-state index in [-0.39, 0.29) is 25.4 Å². The van der Waals surface area contributed by atoms with Gasteiger partial charge in [0.2, 0.25) is 0 Å². The predicted octanol–water partition coefficient (Wildman–Crippen LogP) is 1.72. The van der Waals surface area contributed by atoms with Crippen LogP contribution in [-0.2, 0) is 13.6 Å². The van der Waals surface area contributed by atoms with E-state index in [1.165, 1.54) is 11.6 Å². The van der Waals surface area contributed by atoms with Gasteiger partial charge in [-0.25, -0.2) is 9.78 Å². The number of alkyl halides is 3. The second-order valence-electron chi connectivity index (χ2n) is 7.08. The molecule has 0 radical (unpaired) electrons. The van der Waals surface area contributed by atoms with Crippen LogP contribution in [0.5, 0.6) is 0 Å². The Bertz CT molecular complexity index is 935. The van der Waals surface area contributed by atoms with Gasteiger partial charge in [0.25, 0.3) is 5.56 Å². The fourth-order valence-corrected chi connectivity index (χ4v) is 3.00. The van der Waals surface area contributed by atoms with E-state index in [2.05, 4.69) is 4.98 Å². The molecule has 1 fully saturated rings. The summed E-state index contributed by atoms with van der Waals surface area (Å²) in [5.74, 6) is 0. The van der Waals surface area contributed by atoms with Crippen LogP contribution in [0.2, 0.25) is 0 Å². The number of fused-ring (bicyclic) bond motifs is 1. The molecule has 1 aliphatic rings. The van der Waals surface area contributed by atoms with Crippen molar-refractivity contribution in [1.82, 2.24) is 18.7 Å². The van der Waals surface area contributed by atoms with Crippen LogP contribution in [0.4, 0.5) is 13.2 Å². The fourth-order valence-electron chi connectivity index (χ4n) is 3.00. The summed E-state index contributed by atoms with van der Waals surface area (Å²) < 4.78 is 42.1. The first-order valence-electron chi connectivity index (χ1n) is 8.50. The monoisotopic (exact) mass is 374 g/mol. The van der Waals surface area contributed by atoms with Gasteiger partial charge in [0.1, 0.15) is 0 Å². The van der Waals surface area contributed by atoms with Gasteiger partial charge in [0.05, 0.1) is 6.33 Å². The Hall–Kier alpha value is -2.10. The number of hydrogen-bond donors (Lipinski definition) is 1. The van der Waals surface area contributed by atoms with E-state index in [0.717, 1.165) is 24.3 Å². The molecule has 1 N–H and O–H groups in total. The van der Waals surface area contributed by atoms with Gasteiger partial charge in [-0.15, -0.1) is 0 Å². The van der Waals surface area contributed by atoms with Gasteiger partial charge in [0, 0.05) is 19.6 Å². The molecule has 0 bridgehead atoms. The Labute approximate surface area is 146 Å². The number of rotatable bonds is 6. The number of hydrogen-bond acceptors (Lipinski definition) is 4. The van der Waals surface area contributed by atoms with Crippen LogP contribution in [0.3, 0.4) is 0 Å². The summed E-state index contributed by atoms with van der Waals surface area (Å²) in [6, 6.07) is 0.209. The average Bonchev–Trinajstić information content (AvgIpc) is 3.29. The molecular formula is C16H21F3N4O3. The average molecular weight is 374 g/mol. The van der Waals surface area contributed by atoms with Gasteiger partial charge < -0.3 is 9.67 Å². The Kier molecular flexibility index (Phi) is 4.50. The molecule has 1 aliphatic carbocycles. The standard InChI is InChI=1S/C16H21F3N4O3/c1-15(26,16(17,18)19)7-3-4-8-22-13(24)11-12(21(2)14(22)25)20-9-23(11)10-5-6-10/h9-10,26H,3-8H2,1-2H3. The molecule has 1 saturated carbocycles. The van der Waals surface area contributed by atoms with E-state index in [0.29, 0.717) is 11.2 Å². The summed E-state index contributed by atoms with van der Waals surface area (Å²) in [6.45, 7) is 0.712. The molecule has 2 heterocycles. The fraction of sp³-hybridized carbons (Fsp3) is 0.688. The Balaban J connectivity index is 1.81. The smallest absolute Gasteiger partial charge is 0.381 e. The number of aromatic nitrogens is 4. The summed E-state index contributed by atoms with van der Waals surface area (Å²) in [5.41, 5.74) is -3.15. The van der Waals surface area contributed by atoms with Crippen LogP contribution in [0.25, 0.3) is 11.2 Å². The molecule has 0 amide bonds. The van der Waals surface area contributed by atoms with Crippen molar-refractivity contribution < 1.29 is 18.3 Å². The Morgan fingerprint density at radius 3 is 2.50 bits per heavy atom. The van der Waals surface area contributed by atoms with Gasteiger partial charge in [-0.2, -0.15) is 13.2 Å². The van der Waals surface area contributed by atoms with Crippen LogP contribution in [0, 0.1) is 0 Å². The topological polar surface area (TPSA) is 82.0 Å².